The van der Waals surface area contributed by atoms with Gasteiger partial charge < -0.3 is 10.0 Å². The number of rotatable bonds is 2. The largest absolute Gasteiger partial charge is 0.488 e. The summed E-state index contributed by atoms with van der Waals surface area (Å²) < 4.78 is 0.873. The zero-order chi connectivity index (χ0) is 28.6. The van der Waals surface area contributed by atoms with E-state index in [1.807, 2.05) is 31.2 Å². The van der Waals surface area contributed by atoms with Gasteiger partial charge in [0, 0.05) is 44.9 Å². The summed E-state index contributed by atoms with van der Waals surface area (Å²) in [6.45, 7) is 3.98. The summed E-state index contributed by atoms with van der Waals surface area (Å²) in [6.07, 6.45) is 6.68. The van der Waals surface area contributed by atoms with Crippen LogP contribution in [-0.4, -0.2) is 37.1 Å². The second-order valence-electron chi connectivity index (χ2n) is 8.85. The van der Waals surface area contributed by atoms with Crippen molar-refractivity contribution in [2.24, 2.45) is 0 Å². The molecule has 200 valence electrons. The van der Waals surface area contributed by atoms with Gasteiger partial charge in [-0.2, -0.15) is 0 Å². The number of aromatic nitrogens is 4. The Morgan fingerprint density at radius 2 is 1.20 bits per heavy atom. The molecule has 6 rings (SSSR count). The first-order chi connectivity index (χ1) is 19.2. The van der Waals surface area contributed by atoms with Crippen molar-refractivity contribution in [1.29, 1.82) is 0 Å². The Labute approximate surface area is 251 Å². The quantitative estimate of drug-likeness (QED) is 0.200. The highest BCUT2D eigenvalue weighted by molar-refractivity contribution is 9.10. The molecule has 2 N–H and O–H groups in total. The molecule has 40 heavy (non-hydrogen) atoms. The third kappa shape index (κ3) is 7.84. The Hall–Kier alpha value is -3.40. The van der Waals surface area contributed by atoms with Gasteiger partial charge in [-0.25, -0.2) is 0 Å². The van der Waals surface area contributed by atoms with Crippen molar-refractivity contribution < 1.29 is 10.0 Å². The fourth-order valence-electron chi connectivity index (χ4n) is 3.90. The zero-order valence-electron chi connectivity index (χ0n) is 21.6. The molecule has 0 bridgehead atoms. The first kappa shape index (κ1) is 29.6. The van der Waals surface area contributed by atoms with E-state index in [4.69, 9.17) is 33.2 Å². The molecule has 6 nitrogen and oxygen atoms in total. The van der Waals surface area contributed by atoms with Crippen molar-refractivity contribution in [3.8, 4) is 11.1 Å². The van der Waals surface area contributed by atoms with E-state index < -0.39 is 7.12 Å². The summed E-state index contributed by atoms with van der Waals surface area (Å²) in [4.78, 5) is 17.0. The first-order valence-electron chi connectivity index (χ1n) is 12.2. The Balaban J connectivity index is 0.000000147. The van der Waals surface area contributed by atoms with E-state index in [-0.39, 0.29) is 0 Å². The van der Waals surface area contributed by atoms with Crippen LogP contribution in [0.1, 0.15) is 11.1 Å². The van der Waals surface area contributed by atoms with Gasteiger partial charge in [0.1, 0.15) is 5.52 Å². The van der Waals surface area contributed by atoms with Gasteiger partial charge in [0.25, 0.3) is 0 Å². The summed E-state index contributed by atoms with van der Waals surface area (Å²) in [7, 11) is -1.35. The Bertz CT molecular complexity index is 1770. The van der Waals surface area contributed by atoms with Crippen molar-refractivity contribution in [2.45, 2.75) is 13.8 Å². The molecule has 0 fully saturated rings. The van der Waals surface area contributed by atoms with E-state index in [0.717, 1.165) is 43.2 Å². The Morgan fingerprint density at radius 1 is 0.650 bits per heavy atom. The lowest BCUT2D eigenvalue weighted by molar-refractivity contribution is 0.425. The molecule has 0 aliphatic heterocycles. The number of hydrogen-bond donors (Lipinski definition) is 2. The second kappa shape index (κ2) is 13.8. The number of aryl methyl sites for hydroxylation is 2. The molecule has 0 amide bonds. The fraction of sp³-hybridized carbons (Fsp3) is 0.0667. The van der Waals surface area contributed by atoms with Gasteiger partial charge >= 0.3 is 7.12 Å². The van der Waals surface area contributed by atoms with E-state index in [0.29, 0.717) is 15.5 Å². The Kier molecular flexibility index (Phi) is 10.2. The van der Waals surface area contributed by atoms with Crippen LogP contribution in [0.4, 0.5) is 0 Å². The van der Waals surface area contributed by atoms with Crippen LogP contribution in [0.25, 0.3) is 33.2 Å². The highest BCUT2D eigenvalue weighted by atomic mass is 79.9. The molecule has 0 radical (unpaired) electrons. The highest BCUT2D eigenvalue weighted by Gasteiger charge is 2.09. The minimum Gasteiger partial charge on any atom is -0.423 e. The van der Waals surface area contributed by atoms with Crippen molar-refractivity contribution in [1.82, 2.24) is 19.9 Å². The SMILES string of the molecule is Cc1cccc(-c2cc(Cl)cc3nccnc23)c1.Cc1cccc(B(O)O)c1.Clc1cc(Br)c2nccnc2c1. The van der Waals surface area contributed by atoms with Crippen LogP contribution in [0.5, 0.6) is 0 Å². The standard InChI is InChI=1S/C15H11ClN2.C8H4BrClN2.C7H9BO2/c1-10-3-2-4-11(7-10)13-8-12(16)9-14-15(13)18-6-5-17-14;9-6-3-5(10)4-7-8(6)12-2-1-11-7;1-6-3-2-4-7(5-6)8(9)10/h2-9H,1H3;1-4H;2-5,9-10H,1H3. The van der Waals surface area contributed by atoms with Gasteiger partial charge in [0.15, 0.2) is 0 Å². The third-order valence-corrected chi connectivity index (χ3v) is 6.74. The molecule has 6 aromatic rings. The van der Waals surface area contributed by atoms with Gasteiger partial charge in [0.2, 0.25) is 0 Å². The van der Waals surface area contributed by atoms with E-state index in [2.05, 4.69) is 61.0 Å². The van der Waals surface area contributed by atoms with Gasteiger partial charge in [-0.15, -0.1) is 0 Å². The monoisotopic (exact) mass is 632 g/mol. The molecule has 0 aliphatic rings. The maximum Gasteiger partial charge on any atom is 0.488 e. The predicted octanol–water partition coefficient (Wildman–Crippen LogP) is 6.98. The average Bonchev–Trinajstić information content (AvgIpc) is 2.93. The number of halogens is 3. The fourth-order valence-corrected chi connectivity index (χ4v) is 5.01. The molecule has 0 atom stereocenters. The normalized spacial score (nSPS) is 10.4. The lowest BCUT2D eigenvalue weighted by atomic mass is 9.80. The lowest BCUT2D eigenvalue weighted by Gasteiger charge is -2.07. The van der Waals surface area contributed by atoms with E-state index in [1.54, 1.807) is 55.1 Å². The number of fused-ring (bicyclic) bond motifs is 2. The molecule has 2 aromatic heterocycles. The Morgan fingerprint density at radius 3 is 1.80 bits per heavy atom. The van der Waals surface area contributed by atoms with Gasteiger partial charge in [-0.05, 0) is 65.1 Å². The maximum atomic E-state index is 8.70. The first-order valence-corrected chi connectivity index (χ1v) is 13.7. The number of benzene rings is 4. The van der Waals surface area contributed by atoms with Crippen molar-refractivity contribution in [2.75, 3.05) is 0 Å². The summed E-state index contributed by atoms with van der Waals surface area (Å²) in [5.74, 6) is 0. The second-order valence-corrected chi connectivity index (χ2v) is 10.6. The topological polar surface area (TPSA) is 92.0 Å². The van der Waals surface area contributed by atoms with E-state index >= 15 is 0 Å². The van der Waals surface area contributed by atoms with Gasteiger partial charge in [0.05, 0.1) is 16.6 Å². The smallest absolute Gasteiger partial charge is 0.423 e. The van der Waals surface area contributed by atoms with Crippen LogP contribution < -0.4 is 5.46 Å². The van der Waals surface area contributed by atoms with Gasteiger partial charge in [-0.1, -0.05) is 82.9 Å². The van der Waals surface area contributed by atoms with Crippen LogP contribution in [0.15, 0.2) is 102 Å². The summed E-state index contributed by atoms with van der Waals surface area (Å²) in [6, 6.07) is 22.8. The number of nitrogens with zero attached hydrogens (tertiary/aromatic N) is 4. The van der Waals surface area contributed by atoms with Gasteiger partial charge in [-0.3, -0.25) is 19.9 Å². The van der Waals surface area contributed by atoms with Crippen molar-refractivity contribution >= 4 is 73.8 Å². The van der Waals surface area contributed by atoms with Crippen LogP contribution in [0.2, 0.25) is 10.0 Å². The highest BCUT2D eigenvalue weighted by Crippen LogP contribution is 2.30. The van der Waals surface area contributed by atoms with Crippen molar-refractivity contribution in [3.05, 3.63) is 123 Å². The molecule has 0 aliphatic carbocycles. The molecule has 0 saturated carbocycles. The zero-order valence-corrected chi connectivity index (χ0v) is 24.7. The summed E-state index contributed by atoms with van der Waals surface area (Å²) in [5, 5.41) is 18.7. The molecule has 0 unspecified atom stereocenters. The van der Waals surface area contributed by atoms with Crippen molar-refractivity contribution in [3.63, 3.8) is 0 Å². The average molecular weight is 634 g/mol. The van der Waals surface area contributed by atoms with Crippen LogP contribution in [-0.2, 0) is 0 Å². The minimum absolute atomic E-state index is 0.542. The maximum absolute atomic E-state index is 8.70. The van der Waals surface area contributed by atoms with E-state index in [1.165, 1.54) is 5.56 Å². The third-order valence-electron chi connectivity index (χ3n) is 5.70. The molecule has 2 heterocycles. The molecule has 0 saturated heterocycles. The molecule has 10 heteroatoms. The summed E-state index contributed by atoms with van der Waals surface area (Å²) in [5.41, 5.74) is 8.26. The van der Waals surface area contributed by atoms with E-state index in [9.17, 15) is 0 Å². The summed E-state index contributed by atoms with van der Waals surface area (Å²) >= 11 is 15.3. The minimum atomic E-state index is -1.35. The van der Waals surface area contributed by atoms with Crippen LogP contribution in [0.3, 0.4) is 0 Å². The van der Waals surface area contributed by atoms with Crippen LogP contribution in [0, 0.1) is 13.8 Å². The predicted molar refractivity (Wildman–Crippen MR) is 168 cm³/mol. The molecular formula is C30H24BBrCl2N4O2. The number of hydrogen-bond acceptors (Lipinski definition) is 6. The molecule has 4 aromatic carbocycles. The lowest BCUT2D eigenvalue weighted by Crippen LogP contribution is -2.29. The molecular weight excluding hydrogens is 610 g/mol. The van der Waals surface area contributed by atoms with Crippen LogP contribution >= 0.6 is 39.1 Å². The molecule has 0 spiro atoms.